The van der Waals surface area contributed by atoms with Gasteiger partial charge in [-0.15, -0.1) is 22.7 Å². The average Bonchev–Trinajstić information content (AvgIpc) is 2.96. The minimum absolute atomic E-state index is 0.296. The van der Waals surface area contributed by atoms with Gasteiger partial charge in [-0.3, -0.25) is 0 Å². The van der Waals surface area contributed by atoms with Crippen LogP contribution in [0.4, 0.5) is 0 Å². The highest BCUT2D eigenvalue weighted by Gasteiger charge is 2.17. The van der Waals surface area contributed by atoms with Gasteiger partial charge < -0.3 is 5.32 Å². The molecule has 0 aliphatic carbocycles. The second-order valence-electron chi connectivity index (χ2n) is 4.81. The van der Waals surface area contributed by atoms with Crippen LogP contribution in [0.15, 0.2) is 35.7 Å². The van der Waals surface area contributed by atoms with Crippen molar-refractivity contribution in [1.82, 2.24) is 5.32 Å². The van der Waals surface area contributed by atoms with Gasteiger partial charge in [-0.1, -0.05) is 18.2 Å². The SMILES string of the molecule is CNC(c1cc2sccc2s1)c1cccc(C)c1C. The van der Waals surface area contributed by atoms with Crippen molar-refractivity contribution in [3.8, 4) is 0 Å². The highest BCUT2D eigenvalue weighted by Crippen LogP contribution is 2.36. The third-order valence-corrected chi connectivity index (χ3v) is 5.85. The zero-order chi connectivity index (χ0) is 13.4. The monoisotopic (exact) mass is 287 g/mol. The van der Waals surface area contributed by atoms with Crippen molar-refractivity contribution in [3.63, 3.8) is 0 Å². The smallest absolute Gasteiger partial charge is 0.0672 e. The Morgan fingerprint density at radius 1 is 1.11 bits per heavy atom. The number of aryl methyl sites for hydroxylation is 1. The molecule has 2 aromatic heterocycles. The van der Waals surface area contributed by atoms with Gasteiger partial charge in [0.25, 0.3) is 0 Å². The summed E-state index contributed by atoms with van der Waals surface area (Å²) in [5, 5.41) is 5.63. The molecule has 1 atom stereocenters. The van der Waals surface area contributed by atoms with E-state index in [9.17, 15) is 0 Å². The first-order chi connectivity index (χ1) is 9.20. The molecule has 0 saturated heterocycles. The lowest BCUT2D eigenvalue weighted by molar-refractivity contribution is 0.699. The maximum atomic E-state index is 3.47. The van der Waals surface area contributed by atoms with Crippen LogP contribution in [0.2, 0.25) is 0 Å². The van der Waals surface area contributed by atoms with E-state index in [-0.39, 0.29) is 0 Å². The van der Waals surface area contributed by atoms with Gasteiger partial charge in [0.05, 0.1) is 6.04 Å². The fourth-order valence-electron chi connectivity index (χ4n) is 2.46. The zero-order valence-corrected chi connectivity index (χ0v) is 13.0. The van der Waals surface area contributed by atoms with Gasteiger partial charge in [0, 0.05) is 14.3 Å². The number of hydrogen-bond acceptors (Lipinski definition) is 3. The third kappa shape index (κ3) is 2.22. The minimum atomic E-state index is 0.296. The lowest BCUT2D eigenvalue weighted by Crippen LogP contribution is -2.17. The molecule has 3 heteroatoms. The summed E-state index contributed by atoms with van der Waals surface area (Å²) in [5.74, 6) is 0. The van der Waals surface area contributed by atoms with Crippen molar-refractivity contribution in [3.05, 3.63) is 57.3 Å². The van der Waals surface area contributed by atoms with Crippen LogP contribution in [-0.4, -0.2) is 7.05 Å². The predicted octanol–water partition coefficient (Wildman–Crippen LogP) is 4.89. The summed E-state index contributed by atoms with van der Waals surface area (Å²) in [5.41, 5.74) is 4.13. The Bertz CT molecular complexity index is 680. The molecule has 0 aliphatic heterocycles. The van der Waals surface area contributed by atoms with Crippen LogP contribution in [-0.2, 0) is 0 Å². The average molecular weight is 287 g/mol. The van der Waals surface area contributed by atoms with Crippen LogP contribution in [0, 0.1) is 13.8 Å². The number of nitrogens with one attached hydrogen (secondary N) is 1. The van der Waals surface area contributed by atoms with Crippen LogP contribution in [0.1, 0.15) is 27.6 Å². The predicted molar refractivity (Wildman–Crippen MR) is 86.5 cm³/mol. The van der Waals surface area contributed by atoms with Gasteiger partial charge >= 0.3 is 0 Å². The van der Waals surface area contributed by atoms with E-state index in [1.807, 2.05) is 29.7 Å². The second kappa shape index (κ2) is 5.08. The van der Waals surface area contributed by atoms with Gasteiger partial charge in [-0.25, -0.2) is 0 Å². The summed E-state index contributed by atoms with van der Waals surface area (Å²) in [6.45, 7) is 4.39. The normalized spacial score (nSPS) is 13.0. The topological polar surface area (TPSA) is 12.0 Å². The van der Waals surface area contributed by atoms with E-state index in [0.29, 0.717) is 6.04 Å². The minimum Gasteiger partial charge on any atom is -0.309 e. The van der Waals surface area contributed by atoms with Crippen LogP contribution in [0.25, 0.3) is 9.40 Å². The fourth-order valence-corrected chi connectivity index (χ4v) is 4.71. The van der Waals surface area contributed by atoms with Gasteiger partial charge in [-0.2, -0.15) is 0 Å². The van der Waals surface area contributed by atoms with Crippen LogP contribution < -0.4 is 5.32 Å². The Morgan fingerprint density at radius 3 is 2.68 bits per heavy atom. The molecule has 0 radical (unpaired) electrons. The van der Waals surface area contributed by atoms with Crippen molar-refractivity contribution >= 4 is 32.1 Å². The van der Waals surface area contributed by atoms with Crippen molar-refractivity contribution < 1.29 is 0 Å². The van der Waals surface area contributed by atoms with Crippen molar-refractivity contribution in [2.45, 2.75) is 19.9 Å². The van der Waals surface area contributed by atoms with E-state index in [0.717, 1.165) is 0 Å². The Balaban J connectivity index is 2.09. The number of hydrogen-bond donors (Lipinski definition) is 1. The fraction of sp³-hybridized carbons (Fsp3) is 0.250. The molecule has 1 nitrogen and oxygen atoms in total. The van der Waals surface area contributed by atoms with Crippen molar-refractivity contribution in [1.29, 1.82) is 0 Å². The first-order valence-electron chi connectivity index (χ1n) is 6.41. The summed E-state index contributed by atoms with van der Waals surface area (Å²) in [7, 11) is 2.04. The molecule has 1 aromatic carbocycles. The molecular weight excluding hydrogens is 270 g/mol. The molecule has 0 bridgehead atoms. The molecular formula is C16H17NS2. The highest BCUT2D eigenvalue weighted by molar-refractivity contribution is 7.27. The Hall–Kier alpha value is -1.16. The number of rotatable bonds is 3. The van der Waals surface area contributed by atoms with Gasteiger partial charge in [-0.05, 0) is 55.1 Å². The molecule has 3 aromatic rings. The molecule has 3 rings (SSSR count). The Morgan fingerprint density at radius 2 is 1.95 bits per heavy atom. The second-order valence-corrected chi connectivity index (χ2v) is 6.87. The maximum absolute atomic E-state index is 3.47. The maximum Gasteiger partial charge on any atom is 0.0672 e. The van der Waals surface area contributed by atoms with E-state index in [1.165, 1.54) is 31.0 Å². The quantitative estimate of drug-likeness (QED) is 0.723. The number of fused-ring (bicyclic) bond motifs is 1. The highest BCUT2D eigenvalue weighted by atomic mass is 32.1. The van der Waals surface area contributed by atoms with E-state index in [2.05, 4.69) is 54.9 Å². The Labute approximate surface area is 121 Å². The lowest BCUT2D eigenvalue weighted by Gasteiger charge is -2.18. The molecule has 0 fully saturated rings. The molecule has 1 N–H and O–H groups in total. The third-order valence-electron chi connectivity index (χ3n) is 3.69. The molecule has 98 valence electrons. The van der Waals surface area contributed by atoms with E-state index >= 15 is 0 Å². The van der Waals surface area contributed by atoms with Gasteiger partial charge in [0.15, 0.2) is 0 Å². The Kier molecular flexibility index (Phi) is 3.44. The van der Waals surface area contributed by atoms with E-state index < -0.39 is 0 Å². The van der Waals surface area contributed by atoms with E-state index in [1.54, 1.807) is 0 Å². The van der Waals surface area contributed by atoms with Crippen LogP contribution in [0.3, 0.4) is 0 Å². The molecule has 2 heterocycles. The number of benzene rings is 1. The summed E-state index contributed by atoms with van der Waals surface area (Å²) in [4.78, 5) is 1.40. The molecule has 0 saturated carbocycles. The molecule has 0 spiro atoms. The van der Waals surface area contributed by atoms with E-state index in [4.69, 9.17) is 0 Å². The first-order valence-corrected chi connectivity index (χ1v) is 8.10. The van der Waals surface area contributed by atoms with Gasteiger partial charge in [0.2, 0.25) is 0 Å². The summed E-state index contributed by atoms with van der Waals surface area (Å²) < 4.78 is 2.79. The lowest BCUT2D eigenvalue weighted by atomic mass is 9.96. The van der Waals surface area contributed by atoms with Crippen LogP contribution >= 0.6 is 22.7 Å². The van der Waals surface area contributed by atoms with Crippen molar-refractivity contribution in [2.75, 3.05) is 7.05 Å². The molecule has 0 aliphatic rings. The summed E-state index contributed by atoms with van der Waals surface area (Å²) in [6, 6.07) is 11.4. The van der Waals surface area contributed by atoms with Crippen LogP contribution in [0.5, 0.6) is 0 Å². The van der Waals surface area contributed by atoms with Gasteiger partial charge in [0.1, 0.15) is 0 Å². The number of thiophene rings is 2. The van der Waals surface area contributed by atoms with Crippen molar-refractivity contribution in [2.24, 2.45) is 0 Å². The molecule has 0 amide bonds. The summed E-state index contributed by atoms with van der Waals surface area (Å²) >= 11 is 3.72. The summed E-state index contributed by atoms with van der Waals surface area (Å²) in [6.07, 6.45) is 0. The first kappa shape index (κ1) is 12.9. The zero-order valence-electron chi connectivity index (χ0n) is 11.4. The molecule has 19 heavy (non-hydrogen) atoms. The standard InChI is InChI=1S/C16H17NS2/c1-10-5-4-6-12(11(10)2)16(17-3)15-9-14-13(19-15)7-8-18-14/h4-9,16-17H,1-3H3. The molecule has 1 unspecified atom stereocenters. The largest absolute Gasteiger partial charge is 0.309 e.